The number of anilines is 2. The van der Waals surface area contributed by atoms with Gasteiger partial charge in [-0.05, 0) is 46.5 Å². The first kappa shape index (κ1) is 18.8. The highest BCUT2D eigenvalue weighted by Gasteiger charge is 2.27. The van der Waals surface area contributed by atoms with E-state index in [9.17, 15) is 0 Å². The molecule has 146 valence electrons. The number of rotatable bonds is 2. The normalized spacial score (nSPS) is 13.9. The Kier molecular flexibility index (Phi) is 5.10. The van der Waals surface area contributed by atoms with E-state index in [1.807, 2.05) is 54.6 Å². The molecule has 1 aliphatic rings. The van der Waals surface area contributed by atoms with E-state index in [2.05, 4.69) is 24.3 Å². The fourth-order valence-electron chi connectivity index (χ4n) is 3.92. The van der Waals surface area contributed by atoms with E-state index in [4.69, 9.17) is 20.9 Å². The van der Waals surface area contributed by atoms with Crippen LogP contribution in [-0.2, 0) is 4.74 Å². The number of hydrogen-bond donors (Lipinski definition) is 2. The van der Waals surface area contributed by atoms with Crippen molar-refractivity contribution >= 4 is 22.1 Å². The van der Waals surface area contributed by atoms with Crippen molar-refractivity contribution < 1.29 is 9.47 Å². The predicted molar refractivity (Wildman–Crippen MR) is 120 cm³/mol. The summed E-state index contributed by atoms with van der Waals surface area (Å²) in [7, 11) is 3.40. The highest BCUT2D eigenvalue weighted by molar-refractivity contribution is 5.96. The summed E-state index contributed by atoms with van der Waals surface area (Å²) in [6, 6.07) is 26.0. The Morgan fingerprint density at radius 2 is 1.41 bits per heavy atom. The van der Waals surface area contributed by atoms with Gasteiger partial charge in [0.1, 0.15) is 11.9 Å². The Balaban J connectivity index is 0.000000145. The van der Waals surface area contributed by atoms with Gasteiger partial charge in [-0.25, -0.2) is 0 Å². The molecule has 29 heavy (non-hydrogen) atoms. The van der Waals surface area contributed by atoms with Gasteiger partial charge in [0, 0.05) is 29.3 Å². The first-order valence-electron chi connectivity index (χ1n) is 9.46. The quantitative estimate of drug-likeness (QED) is 0.453. The Morgan fingerprint density at radius 3 is 2.21 bits per heavy atom. The van der Waals surface area contributed by atoms with Gasteiger partial charge in [-0.3, -0.25) is 0 Å². The highest BCUT2D eigenvalue weighted by Crippen LogP contribution is 2.45. The zero-order chi connectivity index (χ0) is 20.4. The molecule has 0 heterocycles. The second-order valence-electron chi connectivity index (χ2n) is 6.95. The summed E-state index contributed by atoms with van der Waals surface area (Å²) in [6.45, 7) is 0. The lowest BCUT2D eigenvalue weighted by Gasteiger charge is -2.11. The Labute approximate surface area is 170 Å². The molecule has 5 rings (SSSR count). The number of methoxy groups -OCH3 is 2. The number of benzene rings is 4. The molecule has 0 bridgehead atoms. The molecule has 1 aliphatic carbocycles. The van der Waals surface area contributed by atoms with Crippen molar-refractivity contribution in [1.29, 1.82) is 0 Å². The number of fused-ring (bicyclic) bond motifs is 4. The van der Waals surface area contributed by atoms with E-state index in [0.29, 0.717) is 0 Å². The SMILES string of the molecule is COC1c2ccccc2-c2ccc(N)cc21.COc1cccc2c(N)cccc12. The van der Waals surface area contributed by atoms with Crippen LogP contribution in [0.4, 0.5) is 11.4 Å². The van der Waals surface area contributed by atoms with Crippen LogP contribution < -0.4 is 16.2 Å². The largest absolute Gasteiger partial charge is 0.496 e. The second-order valence-corrected chi connectivity index (χ2v) is 6.95. The average molecular weight is 384 g/mol. The van der Waals surface area contributed by atoms with Crippen LogP contribution in [0, 0.1) is 0 Å². The summed E-state index contributed by atoms with van der Waals surface area (Å²) in [5.41, 5.74) is 18.1. The van der Waals surface area contributed by atoms with Crippen molar-refractivity contribution in [3.05, 3.63) is 90.0 Å². The van der Waals surface area contributed by atoms with Crippen LogP contribution >= 0.6 is 0 Å². The van der Waals surface area contributed by atoms with E-state index in [1.165, 1.54) is 22.3 Å². The smallest absolute Gasteiger partial charge is 0.126 e. The maximum atomic E-state index is 5.83. The van der Waals surface area contributed by atoms with Gasteiger partial charge in [-0.1, -0.05) is 54.6 Å². The van der Waals surface area contributed by atoms with Crippen LogP contribution in [0.5, 0.6) is 5.75 Å². The van der Waals surface area contributed by atoms with Crippen LogP contribution in [0.3, 0.4) is 0 Å². The maximum absolute atomic E-state index is 5.83. The topological polar surface area (TPSA) is 70.5 Å². The van der Waals surface area contributed by atoms with Crippen LogP contribution in [0.15, 0.2) is 78.9 Å². The minimum atomic E-state index is 0.0229. The molecule has 0 amide bonds. The zero-order valence-electron chi connectivity index (χ0n) is 16.6. The monoisotopic (exact) mass is 384 g/mol. The molecule has 1 atom stereocenters. The lowest BCUT2D eigenvalue weighted by Crippen LogP contribution is -1.99. The van der Waals surface area contributed by atoms with Gasteiger partial charge in [0.2, 0.25) is 0 Å². The van der Waals surface area contributed by atoms with E-state index in [0.717, 1.165) is 27.9 Å². The first-order chi connectivity index (χ1) is 14.1. The van der Waals surface area contributed by atoms with Crippen molar-refractivity contribution in [3.63, 3.8) is 0 Å². The van der Waals surface area contributed by atoms with Crippen molar-refractivity contribution in [2.45, 2.75) is 6.10 Å². The van der Waals surface area contributed by atoms with E-state index < -0.39 is 0 Å². The zero-order valence-corrected chi connectivity index (χ0v) is 16.6. The van der Waals surface area contributed by atoms with Crippen LogP contribution in [0.25, 0.3) is 21.9 Å². The average Bonchev–Trinajstić information content (AvgIpc) is 3.06. The third-order valence-corrected chi connectivity index (χ3v) is 5.26. The second kappa shape index (κ2) is 7.86. The molecule has 4 N–H and O–H groups in total. The molecular formula is C25H24N2O2. The number of ether oxygens (including phenoxy) is 2. The number of hydrogen-bond acceptors (Lipinski definition) is 4. The third kappa shape index (κ3) is 3.39. The highest BCUT2D eigenvalue weighted by atomic mass is 16.5. The van der Waals surface area contributed by atoms with Gasteiger partial charge < -0.3 is 20.9 Å². The summed E-state index contributed by atoms with van der Waals surface area (Å²) in [6.07, 6.45) is 0.0229. The fraction of sp³-hybridized carbons (Fsp3) is 0.120. The van der Waals surface area contributed by atoms with Crippen LogP contribution in [-0.4, -0.2) is 14.2 Å². The molecular weight excluding hydrogens is 360 g/mol. The molecule has 4 heteroatoms. The summed E-state index contributed by atoms with van der Waals surface area (Å²) < 4.78 is 10.8. The molecule has 0 radical (unpaired) electrons. The third-order valence-electron chi connectivity index (χ3n) is 5.26. The van der Waals surface area contributed by atoms with Gasteiger partial charge in [0.25, 0.3) is 0 Å². The lowest BCUT2D eigenvalue weighted by molar-refractivity contribution is 0.140. The van der Waals surface area contributed by atoms with E-state index >= 15 is 0 Å². The minimum absolute atomic E-state index is 0.0229. The van der Waals surface area contributed by atoms with Crippen LogP contribution in [0.2, 0.25) is 0 Å². The summed E-state index contributed by atoms with van der Waals surface area (Å²) >= 11 is 0. The summed E-state index contributed by atoms with van der Waals surface area (Å²) in [5.74, 6) is 0.866. The predicted octanol–water partition coefficient (Wildman–Crippen LogP) is 5.42. The van der Waals surface area contributed by atoms with E-state index in [1.54, 1.807) is 14.2 Å². The number of nitrogen functional groups attached to an aromatic ring is 2. The fourth-order valence-corrected chi connectivity index (χ4v) is 3.92. The van der Waals surface area contributed by atoms with E-state index in [-0.39, 0.29) is 6.10 Å². The Bertz CT molecular complexity index is 1170. The van der Waals surface area contributed by atoms with Crippen molar-refractivity contribution in [3.8, 4) is 16.9 Å². The van der Waals surface area contributed by atoms with Gasteiger partial charge in [0.15, 0.2) is 0 Å². The molecule has 0 spiro atoms. The molecule has 0 saturated heterocycles. The lowest BCUT2D eigenvalue weighted by atomic mass is 10.1. The molecule has 0 saturated carbocycles. The minimum Gasteiger partial charge on any atom is -0.496 e. The molecule has 0 aliphatic heterocycles. The Morgan fingerprint density at radius 1 is 0.690 bits per heavy atom. The first-order valence-corrected chi connectivity index (χ1v) is 9.46. The molecule has 0 aromatic heterocycles. The van der Waals surface area contributed by atoms with Gasteiger partial charge in [-0.2, -0.15) is 0 Å². The van der Waals surface area contributed by atoms with Gasteiger partial charge >= 0.3 is 0 Å². The molecule has 4 aromatic rings. The van der Waals surface area contributed by atoms with Gasteiger partial charge in [-0.15, -0.1) is 0 Å². The van der Waals surface area contributed by atoms with Crippen molar-refractivity contribution in [2.24, 2.45) is 0 Å². The molecule has 1 unspecified atom stereocenters. The molecule has 4 nitrogen and oxygen atoms in total. The van der Waals surface area contributed by atoms with Gasteiger partial charge in [0.05, 0.1) is 7.11 Å². The summed E-state index contributed by atoms with van der Waals surface area (Å²) in [4.78, 5) is 0. The molecule has 0 fully saturated rings. The Hall–Kier alpha value is -3.50. The van der Waals surface area contributed by atoms with Crippen molar-refractivity contribution in [2.75, 3.05) is 25.7 Å². The van der Waals surface area contributed by atoms with Crippen LogP contribution in [0.1, 0.15) is 17.2 Å². The van der Waals surface area contributed by atoms with Crippen molar-refractivity contribution in [1.82, 2.24) is 0 Å². The number of nitrogens with two attached hydrogens (primary N) is 2. The molecule has 4 aromatic carbocycles. The standard InChI is InChI=1S/C14H13NO.C11H11NO/c1-16-14-12-5-3-2-4-10(12)11-7-6-9(15)8-13(11)14;1-13-11-7-3-4-8-9(11)5-2-6-10(8)12/h2-8,14H,15H2,1H3;2-7H,12H2,1H3. The maximum Gasteiger partial charge on any atom is 0.126 e. The summed E-state index contributed by atoms with van der Waals surface area (Å²) in [5, 5.41) is 2.10.